The second kappa shape index (κ2) is 9.42. The van der Waals surface area contributed by atoms with Gasteiger partial charge in [-0.2, -0.15) is 0 Å². The van der Waals surface area contributed by atoms with Crippen molar-refractivity contribution in [3.8, 4) is 17.2 Å². The number of methoxy groups -OCH3 is 2. The molecular weight excluding hydrogens is 320 g/mol. The number of urea groups is 1. The lowest BCUT2D eigenvalue weighted by Crippen LogP contribution is -2.41. The Morgan fingerprint density at radius 2 is 1.60 bits per heavy atom. The molecular formula is C19H24N2O4. The van der Waals surface area contributed by atoms with Gasteiger partial charge in [0, 0.05) is 30.4 Å². The van der Waals surface area contributed by atoms with Gasteiger partial charge in [-0.1, -0.05) is 18.2 Å². The Balaban J connectivity index is 1.85. The Bertz CT molecular complexity index is 654. The van der Waals surface area contributed by atoms with Crippen LogP contribution in [0.15, 0.2) is 48.5 Å². The zero-order valence-electron chi connectivity index (χ0n) is 14.8. The molecule has 2 aromatic carbocycles. The fraction of sp³-hybridized carbons (Fsp3) is 0.316. The van der Waals surface area contributed by atoms with Crippen LogP contribution in [0.1, 0.15) is 6.92 Å². The fourth-order valence-corrected chi connectivity index (χ4v) is 2.34. The van der Waals surface area contributed by atoms with Gasteiger partial charge in [0.05, 0.1) is 20.8 Å². The third-order valence-electron chi connectivity index (χ3n) is 3.60. The highest BCUT2D eigenvalue weighted by Crippen LogP contribution is 2.27. The van der Waals surface area contributed by atoms with Crippen LogP contribution >= 0.6 is 0 Å². The molecule has 25 heavy (non-hydrogen) atoms. The minimum Gasteiger partial charge on any atom is -0.496 e. The Hall–Kier alpha value is -2.89. The standard InChI is InChI=1S/C19H24N2O4/c1-4-21(15-8-6-5-7-9-15)19(22)20-10-11-25-18-13-16(23-2)12-17(14-18)24-3/h5-9,12-14H,4,10-11H2,1-3H3,(H,20,22). The molecule has 6 nitrogen and oxygen atoms in total. The maximum Gasteiger partial charge on any atom is 0.321 e. The topological polar surface area (TPSA) is 60.0 Å². The van der Waals surface area contributed by atoms with E-state index in [1.807, 2.05) is 37.3 Å². The zero-order chi connectivity index (χ0) is 18.1. The van der Waals surface area contributed by atoms with Crippen LogP contribution in [-0.4, -0.2) is 39.9 Å². The molecule has 1 N–H and O–H groups in total. The molecule has 2 aromatic rings. The molecule has 2 amide bonds. The molecule has 2 rings (SSSR count). The average molecular weight is 344 g/mol. The predicted octanol–water partition coefficient (Wildman–Crippen LogP) is 3.32. The normalized spacial score (nSPS) is 10.0. The van der Waals surface area contributed by atoms with Gasteiger partial charge in [-0.05, 0) is 19.1 Å². The van der Waals surface area contributed by atoms with Crippen molar-refractivity contribution < 1.29 is 19.0 Å². The number of nitrogens with zero attached hydrogens (tertiary/aromatic N) is 1. The van der Waals surface area contributed by atoms with Crippen LogP contribution in [0.25, 0.3) is 0 Å². The Morgan fingerprint density at radius 3 is 2.16 bits per heavy atom. The van der Waals surface area contributed by atoms with Crippen LogP contribution in [0, 0.1) is 0 Å². The summed E-state index contributed by atoms with van der Waals surface area (Å²) < 4.78 is 16.1. The molecule has 6 heteroatoms. The molecule has 0 saturated carbocycles. The summed E-state index contributed by atoms with van der Waals surface area (Å²) in [6, 6.07) is 14.7. The first-order valence-electron chi connectivity index (χ1n) is 8.14. The van der Waals surface area contributed by atoms with E-state index in [1.165, 1.54) is 0 Å². The molecule has 0 radical (unpaired) electrons. The molecule has 0 bridgehead atoms. The van der Waals surface area contributed by atoms with Crippen molar-refractivity contribution in [2.75, 3.05) is 38.8 Å². The van der Waals surface area contributed by atoms with Crippen molar-refractivity contribution >= 4 is 11.7 Å². The first-order valence-corrected chi connectivity index (χ1v) is 8.14. The van der Waals surface area contributed by atoms with Gasteiger partial charge in [-0.3, -0.25) is 4.90 Å². The third-order valence-corrected chi connectivity index (χ3v) is 3.60. The average Bonchev–Trinajstić information content (AvgIpc) is 2.66. The van der Waals surface area contributed by atoms with E-state index in [4.69, 9.17) is 14.2 Å². The first-order chi connectivity index (χ1) is 12.2. The number of amides is 2. The SMILES string of the molecule is CCN(C(=O)NCCOc1cc(OC)cc(OC)c1)c1ccccc1. The van der Waals surface area contributed by atoms with E-state index in [0.29, 0.717) is 36.9 Å². The van der Waals surface area contributed by atoms with Crippen molar-refractivity contribution in [3.05, 3.63) is 48.5 Å². The van der Waals surface area contributed by atoms with E-state index in [-0.39, 0.29) is 6.03 Å². The van der Waals surface area contributed by atoms with E-state index in [9.17, 15) is 4.79 Å². The lowest BCUT2D eigenvalue weighted by atomic mass is 10.3. The van der Waals surface area contributed by atoms with Crippen molar-refractivity contribution in [1.29, 1.82) is 0 Å². The monoisotopic (exact) mass is 344 g/mol. The van der Waals surface area contributed by atoms with Crippen molar-refractivity contribution in [1.82, 2.24) is 5.32 Å². The fourth-order valence-electron chi connectivity index (χ4n) is 2.34. The Morgan fingerprint density at radius 1 is 1.00 bits per heavy atom. The lowest BCUT2D eigenvalue weighted by Gasteiger charge is -2.21. The minimum absolute atomic E-state index is 0.152. The summed E-state index contributed by atoms with van der Waals surface area (Å²) >= 11 is 0. The third kappa shape index (κ3) is 5.31. The maximum atomic E-state index is 12.3. The van der Waals surface area contributed by atoms with E-state index >= 15 is 0 Å². The summed E-state index contributed by atoms with van der Waals surface area (Å²) in [5, 5.41) is 2.86. The summed E-state index contributed by atoms with van der Waals surface area (Å²) in [7, 11) is 3.17. The van der Waals surface area contributed by atoms with Gasteiger partial charge < -0.3 is 19.5 Å². The predicted molar refractivity (Wildman–Crippen MR) is 97.9 cm³/mol. The second-order valence-electron chi connectivity index (χ2n) is 5.21. The van der Waals surface area contributed by atoms with E-state index in [2.05, 4.69) is 5.32 Å². The first kappa shape index (κ1) is 18.4. The van der Waals surface area contributed by atoms with E-state index in [0.717, 1.165) is 5.69 Å². The summed E-state index contributed by atoms with van der Waals surface area (Å²) in [6.45, 7) is 3.26. The van der Waals surface area contributed by atoms with Gasteiger partial charge in [0.25, 0.3) is 0 Å². The van der Waals surface area contributed by atoms with Gasteiger partial charge in [0.15, 0.2) is 0 Å². The molecule has 0 atom stereocenters. The lowest BCUT2D eigenvalue weighted by molar-refractivity contribution is 0.242. The summed E-state index contributed by atoms with van der Waals surface area (Å²) in [5.74, 6) is 1.93. The van der Waals surface area contributed by atoms with Crippen LogP contribution in [0.5, 0.6) is 17.2 Å². The molecule has 0 aromatic heterocycles. The van der Waals surface area contributed by atoms with E-state index in [1.54, 1.807) is 37.3 Å². The van der Waals surface area contributed by atoms with Crippen molar-refractivity contribution in [3.63, 3.8) is 0 Å². The highest BCUT2D eigenvalue weighted by molar-refractivity contribution is 5.91. The van der Waals surface area contributed by atoms with Gasteiger partial charge >= 0.3 is 6.03 Å². The number of carbonyl (C=O) groups excluding carboxylic acids is 1. The van der Waals surface area contributed by atoms with Crippen LogP contribution in [0.4, 0.5) is 10.5 Å². The second-order valence-corrected chi connectivity index (χ2v) is 5.21. The quantitative estimate of drug-likeness (QED) is 0.746. The maximum absolute atomic E-state index is 12.3. The number of benzene rings is 2. The number of ether oxygens (including phenoxy) is 3. The molecule has 0 aliphatic carbocycles. The molecule has 0 aliphatic rings. The number of carbonyl (C=O) groups is 1. The number of hydrogen-bond acceptors (Lipinski definition) is 4. The van der Waals surface area contributed by atoms with Gasteiger partial charge in [0.1, 0.15) is 23.9 Å². The van der Waals surface area contributed by atoms with Gasteiger partial charge in [-0.25, -0.2) is 4.79 Å². The Kier molecular flexibility index (Phi) is 6.95. The summed E-state index contributed by atoms with van der Waals surface area (Å²) in [4.78, 5) is 14.0. The minimum atomic E-state index is -0.152. The Labute approximate surface area is 148 Å². The summed E-state index contributed by atoms with van der Waals surface area (Å²) in [6.07, 6.45) is 0. The summed E-state index contributed by atoms with van der Waals surface area (Å²) in [5.41, 5.74) is 0.862. The molecule has 0 fully saturated rings. The highest BCUT2D eigenvalue weighted by Gasteiger charge is 2.12. The number of anilines is 1. The largest absolute Gasteiger partial charge is 0.496 e. The van der Waals surface area contributed by atoms with E-state index < -0.39 is 0 Å². The molecule has 0 unspecified atom stereocenters. The number of hydrogen-bond donors (Lipinski definition) is 1. The number of para-hydroxylation sites is 1. The molecule has 0 aliphatic heterocycles. The molecule has 0 saturated heterocycles. The molecule has 134 valence electrons. The van der Waals surface area contributed by atoms with Crippen LogP contribution in [0.2, 0.25) is 0 Å². The van der Waals surface area contributed by atoms with Gasteiger partial charge in [-0.15, -0.1) is 0 Å². The smallest absolute Gasteiger partial charge is 0.321 e. The zero-order valence-corrected chi connectivity index (χ0v) is 14.8. The van der Waals surface area contributed by atoms with Crippen LogP contribution in [-0.2, 0) is 0 Å². The highest BCUT2D eigenvalue weighted by atomic mass is 16.5. The van der Waals surface area contributed by atoms with Crippen LogP contribution in [0.3, 0.4) is 0 Å². The van der Waals surface area contributed by atoms with Crippen LogP contribution < -0.4 is 24.4 Å². The molecule has 0 spiro atoms. The molecule has 0 heterocycles. The van der Waals surface area contributed by atoms with Crippen molar-refractivity contribution in [2.45, 2.75) is 6.92 Å². The number of rotatable bonds is 8. The van der Waals surface area contributed by atoms with Crippen molar-refractivity contribution in [2.24, 2.45) is 0 Å². The number of nitrogens with one attached hydrogen (secondary N) is 1. The van der Waals surface area contributed by atoms with Gasteiger partial charge in [0.2, 0.25) is 0 Å².